The van der Waals surface area contributed by atoms with Crippen molar-refractivity contribution in [1.82, 2.24) is 9.88 Å². The molecule has 0 fully saturated rings. The lowest BCUT2D eigenvalue weighted by Crippen LogP contribution is -2.17. The van der Waals surface area contributed by atoms with Crippen LogP contribution in [0.4, 0.5) is 0 Å². The normalized spacial score (nSPS) is 16.0. The van der Waals surface area contributed by atoms with Gasteiger partial charge >= 0.3 is 11.9 Å². The number of rotatable bonds is 7. The first-order valence-electron chi connectivity index (χ1n) is 10.7. The van der Waals surface area contributed by atoms with E-state index in [2.05, 4.69) is 4.98 Å². The van der Waals surface area contributed by atoms with Crippen molar-refractivity contribution < 1.29 is 28.0 Å². The fourth-order valence-electron chi connectivity index (χ4n) is 2.15. The van der Waals surface area contributed by atoms with Gasteiger partial charge in [0.05, 0.1) is 0 Å². The summed E-state index contributed by atoms with van der Waals surface area (Å²) in [5, 5.41) is 15.6. The highest BCUT2D eigenvalue weighted by molar-refractivity contribution is 5.89. The predicted molar refractivity (Wildman–Crippen MR) is 100 cm³/mol. The minimum Gasteiger partial charge on any atom is -0.478 e. The maximum atomic E-state index is 9.55. The molecule has 0 spiro atoms. The highest BCUT2D eigenvalue weighted by Gasteiger charge is 2.14. The second-order valence-corrected chi connectivity index (χ2v) is 5.17. The molecule has 0 aliphatic carbocycles. The van der Waals surface area contributed by atoms with E-state index in [0.29, 0.717) is 23.5 Å². The smallest absolute Gasteiger partial charge is 0.328 e. The molecule has 2 N–H and O–H groups in total. The minimum atomic E-state index is -2.67. The van der Waals surface area contributed by atoms with Gasteiger partial charge in [0.2, 0.25) is 0 Å². The molecular weight excluding hydrogens is 332 g/mol. The van der Waals surface area contributed by atoms with E-state index >= 15 is 0 Å². The molecule has 0 bridgehead atoms. The van der Waals surface area contributed by atoms with Crippen molar-refractivity contribution >= 4 is 11.9 Å². The van der Waals surface area contributed by atoms with Gasteiger partial charge in [-0.1, -0.05) is 36.4 Å². The van der Waals surface area contributed by atoms with Gasteiger partial charge in [0.1, 0.15) is 0 Å². The minimum absolute atomic E-state index is 0.0802. The average molecular weight is 362 g/mol. The molecule has 1 unspecified atom stereocenters. The Morgan fingerprint density at radius 2 is 1.69 bits per heavy atom. The SMILES string of the molecule is O=C(O)/C=C/C(=O)O.[2H]C([2H])([2H])N(CCC(c1ccccc1)c1ccccn1)C([2H])([2H])[2H]. The number of hydrogen-bond donors (Lipinski definition) is 2. The summed E-state index contributed by atoms with van der Waals surface area (Å²) in [6.07, 6.45) is 3.14. The fourth-order valence-corrected chi connectivity index (χ4v) is 2.15. The van der Waals surface area contributed by atoms with Gasteiger partial charge in [-0.25, -0.2) is 9.59 Å². The predicted octanol–water partition coefficient (Wildman–Crippen LogP) is 2.88. The zero-order valence-electron chi connectivity index (χ0n) is 19.9. The topological polar surface area (TPSA) is 90.7 Å². The third kappa shape index (κ3) is 8.75. The van der Waals surface area contributed by atoms with Gasteiger partial charge < -0.3 is 15.1 Å². The molecule has 0 radical (unpaired) electrons. The molecule has 138 valence electrons. The van der Waals surface area contributed by atoms with Gasteiger partial charge in [0.25, 0.3) is 0 Å². The summed E-state index contributed by atoms with van der Waals surface area (Å²) in [5.41, 5.74) is 1.77. The molecule has 2 rings (SSSR count). The monoisotopic (exact) mass is 362 g/mol. The van der Waals surface area contributed by atoms with Crippen LogP contribution in [0.1, 0.15) is 31.8 Å². The van der Waals surface area contributed by atoms with Crippen LogP contribution in [-0.4, -0.2) is 52.5 Å². The van der Waals surface area contributed by atoms with E-state index in [0.717, 1.165) is 11.3 Å². The van der Waals surface area contributed by atoms with E-state index in [9.17, 15) is 9.59 Å². The Hall–Kier alpha value is -2.99. The molecule has 0 saturated heterocycles. The molecule has 0 aliphatic heterocycles. The lowest BCUT2D eigenvalue weighted by Gasteiger charge is -2.19. The van der Waals surface area contributed by atoms with Gasteiger partial charge in [-0.15, -0.1) is 0 Å². The van der Waals surface area contributed by atoms with Crippen LogP contribution < -0.4 is 0 Å². The van der Waals surface area contributed by atoms with Crippen LogP contribution in [0.3, 0.4) is 0 Å². The van der Waals surface area contributed by atoms with E-state index in [1.165, 1.54) is 0 Å². The van der Waals surface area contributed by atoms with Crippen LogP contribution in [0.5, 0.6) is 0 Å². The molecule has 6 nitrogen and oxygen atoms in total. The number of benzene rings is 1. The van der Waals surface area contributed by atoms with Gasteiger partial charge in [0.15, 0.2) is 0 Å². The van der Waals surface area contributed by atoms with Gasteiger partial charge in [-0.05, 0) is 44.6 Å². The van der Waals surface area contributed by atoms with E-state index in [1.807, 2.05) is 48.5 Å². The zero-order chi connectivity index (χ0) is 24.4. The maximum Gasteiger partial charge on any atom is 0.328 e. The second kappa shape index (κ2) is 11.5. The molecule has 26 heavy (non-hydrogen) atoms. The van der Waals surface area contributed by atoms with Gasteiger partial charge in [-0.2, -0.15) is 0 Å². The van der Waals surface area contributed by atoms with Crippen molar-refractivity contribution in [2.75, 3.05) is 20.5 Å². The Morgan fingerprint density at radius 1 is 1.08 bits per heavy atom. The number of aromatic nitrogens is 1. The van der Waals surface area contributed by atoms with E-state index in [1.54, 1.807) is 6.20 Å². The molecule has 1 heterocycles. The standard InChI is InChI=1S/C16H20N2.C4H4O4/c1-18(2)13-11-15(14-8-4-3-5-9-14)16-10-6-7-12-17-16;5-3(6)1-2-4(7)8/h3-10,12,15H,11,13H2,1-2H3;1-2H,(H,5,6)(H,7,8)/b;2-1+/i1D3,2D3;. The third-order valence-electron chi connectivity index (χ3n) is 3.26. The molecule has 0 saturated carbocycles. The van der Waals surface area contributed by atoms with E-state index in [-0.39, 0.29) is 12.5 Å². The first-order chi connectivity index (χ1) is 14.8. The van der Waals surface area contributed by atoms with Crippen LogP contribution in [0, 0.1) is 0 Å². The largest absolute Gasteiger partial charge is 0.478 e. The third-order valence-corrected chi connectivity index (χ3v) is 3.26. The fraction of sp³-hybridized carbons (Fsp3) is 0.250. The molecule has 1 aromatic carbocycles. The first-order valence-corrected chi connectivity index (χ1v) is 7.70. The summed E-state index contributed by atoms with van der Waals surface area (Å²) in [6.45, 7) is -5.42. The quantitative estimate of drug-likeness (QED) is 0.736. The van der Waals surface area contributed by atoms with Crippen molar-refractivity contribution in [3.8, 4) is 0 Å². The number of hydrogen-bond acceptors (Lipinski definition) is 4. The number of carboxylic acid groups (broad SMARTS) is 2. The van der Waals surface area contributed by atoms with Crippen LogP contribution in [0.15, 0.2) is 66.9 Å². The summed E-state index contributed by atoms with van der Waals surface area (Å²) < 4.78 is 44.9. The summed E-state index contributed by atoms with van der Waals surface area (Å²) in [6, 6.07) is 15.1. The molecular formula is C20H24N2O4. The Morgan fingerprint density at radius 3 is 2.19 bits per heavy atom. The van der Waals surface area contributed by atoms with Crippen LogP contribution in [0.25, 0.3) is 0 Å². The van der Waals surface area contributed by atoms with Crippen LogP contribution in [-0.2, 0) is 9.59 Å². The highest BCUT2D eigenvalue weighted by atomic mass is 16.4. The number of nitrogens with zero attached hydrogens (tertiary/aromatic N) is 2. The van der Waals surface area contributed by atoms with Crippen LogP contribution in [0.2, 0.25) is 0 Å². The highest BCUT2D eigenvalue weighted by Crippen LogP contribution is 2.26. The Bertz CT molecular complexity index is 817. The van der Waals surface area contributed by atoms with Crippen molar-refractivity contribution in [3.05, 3.63) is 78.1 Å². The average Bonchev–Trinajstić information content (AvgIpc) is 2.69. The molecule has 6 heteroatoms. The van der Waals surface area contributed by atoms with Crippen molar-refractivity contribution in [2.24, 2.45) is 0 Å². The summed E-state index contributed by atoms with van der Waals surface area (Å²) in [4.78, 5) is 24.1. The number of pyridine rings is 1. The summed E-state index contributed by atoms with van der Waals surface area (Å²) in [5.74, 6) is -2.68. The second-order valence-electron chi connectivity index (χ2n) is 5.17. The van der Waals surface area contributed by atoms with Crippen molar-refractivity contribution in [3.63, 3.8) is 0 Å². The van der Waals surface area contributed by atoms with Crippen molar-refractivity contribution in [1.29, 1.82) is 0 Å². The number of aliphatic carboxylic acids is 2. The molecule has 1 aromatic heterocycles. The summed E-state index contributed by atoms with van der Waals surface area (Å²) >= 11 is 0. The Labute approximate surface area is 161 Å². The van der Waals surface area contributed by atoms with Gasteiger partial charge in [-0.3, -0.25) is 4.98 Å². The molecule has 2 aromatic rings. The van der Waals surface area contributed by atoms with E-state index in [4.69, 9.17) is 18.4 Å². The Kier molecular flexibility index (Phi) is 5.88. The molecule has 0 amide bonds. The van der Waals surface area contributed by atoms with Crippen molar-refractivity contribution in [2.45, 2.75) is 12.3 Å². The Balaban J connectivity index is 0.000000547. The number of carboxylic acids is 2. The van der Waals surface area contributed by atoms with Gasteiger partial charge in [0, 0.05) is 38.2 Å². The molecule has 1 atom stereocenters. The summed E-state index contributed by atoms with van der Waals surface area (Å²) in [7, 11) is 0. The molecule has 0 aliphatic rings. The van der Waals surface area contributed by atoms with Crippen LogP contribution >= 0.6 is 0 Å². The zero-order valence-corrected chi connectivity index (χ0v) is 13.9. The lowest BCUT2D eigenvalue weighted by atomic mass is 9.92. The lowest BCUT2D eigenvalue weighted by molar-refractivity contribution is -0.134. The first kappa shape index (κ1) is 13.2. The maximum absolute atomic E-state index is 9.55. The number of carbonyl (C=O) groups is 2. The van der Waals surface area contributed by atoms with E-state index < -0.39 is 25.9 Å².